The van der Waals surface area contributed by atoms with Crippen LogP contribution in [0.2, 0.25) is 0 Å². The summed E-state index contributed by atoms with van der Waals surface area (Å²) in [6.07, 6.45) is 0. The van der Waals surface area contributed by atoms with Crippen LogP contribution >= 0.6 is 0 Å². The summed E-state index contributed by atoms with van der Waals surface area (Å²) in [5.41, 5.74) is 0. The van der Waals surface area contributed by atoms with Gasteiger partial charge in [-0.2, -0.15) is 0 Å². The molecule has 10 heteroatoms. The highest BCUT2D eigenvalue weighted by atomic mass is 17.1. The number of rotatable bonds is 7. The van der Waals surface area contributed by atoms with Gasteiger partial charge < -0.3 is 10.2 Å². The lowest BCUT2D eigenvalue weighted by molar-refractivity contribution is -0.875. The third-order valence-electron chi connectivity index (χ3n) is 1.69. The van der Waals surface area contributed by atoms with Crippen molar-refractivity contribution in [3.05, 3.63) is 20.2 Å². The fourth-order valence-electron chi connectivity index (χ4n) is 0.851. The van der Waals surface area contributed by atoms with E-state index in [1.54, 1.807) is 0 Å². The molecule has 0 aliphatic heterocycles. The molecule has 15 heavy (non-hydrogen) atoms. The van der Waals surface area contributed by atoms with E-state index < -0.39 is 35.1 Å². The van der Waals surface area contributed by atoms with E-state index in [4.69, 9.17) is 10.2 Å². The van der Waals surface area contributed by atoms with Gasteiger partial charge in [0.2, 0.25) is 0 Å². The van der Waals surface area contributed by atoms with Crippen molar-refractivity contribution in [3.8, 4) is 0 Å². The predicted molar refractivity (Wildman–Crippen MR) is 42.2 cm³/mol. The molecule has 10 nitrogen and oxygen atoms in total. The van der Waals surface area contributed by atoms with Crippen LogP contribution in [0.5, 0.6) is 0 Å². The average Bonchev–Trinajstić information content (AvgIpc) is 2.01. The van der Waals surface area contributed by atoms with Gasteiger partial charge in [0.1, 0.15) is 0 Å². The van der Waals surface area contributed by atoms with Gasteiger partial charge in [0.15, 0.2) is 0 Å². The van der Waals surface area contributed by atoms with Crippen LogP contribution in [0.3, 0.4) is 0 Å². The Morgan fingerprint density at radius 1 is 1.20 bits per heavy atom. The summed E-state index contributed by atoms with van der Waals surface area (Å²) < 4.78 is 0. The smallest absolute Gasteiger partial charge is 0.297 e. The second-order valence-electron chi connectivity index (χ2n) is 2.71. The molecule has 0 aromatic heterocycles. The van der Waals surface area contributed by atoms with Crippen molar-refractivity contribution in [2.24, 2.45) is 5.92 Å². The van der Waals surface area contributed by atoms with Crippen LogP contribution in [0.1, 0.15) is 6.92 Å². The van der Waals surface area contributed by atoms with Gasteiger partial charge in [0.25, 0.3) is 16.0 Å². The normalized spacial score (nSPS) is 11.2. The van der Waals surface area contributed by atoms with E-state index in [0.717, 1.165) is 6.92 Å². The largest absolute Gasteiger partial charge is 0.396 e. The number of aliphatic hydroxyl groups is 2. The SMILES string of the molecule is CC(O[N+](=O)[O-])(O[N+](=O)[O-])C(CO)CO. The molecule has 0 bridgehead atoms. The lowest BCUT2D eigenvalue weighted by Crippen LogP contribution is -2.47. The summed E-state index contributed by atoms with van der Waals surface area (Å²) in [7, 11) is 0. The number of aliphatic hydroxyl groups excluding tert-OH is 2. The zero-order chi connectivity index (χ0) is 12.1. The monoisotopic (exact) mass is 226 g/mol. The van der Waals surface area contributed by atoms with Crippen LogP contribution < -0.4 is 0 Å². The lowest BCUT2D eigenvalue weighted by atomic mass is 10.0. The van der Waals surface area contributed by atoms with Crippen molar-refractivity contribution in [2.75, 3.05) is 13.2 Å². The predicted octanol–water partition coefficient (Wildman–Crippen LogP) is -1.28. The molecular weight excluding hydrogens is 216 g/mol. The second-order valence-corrected chi connectivity index (χ2v) is 2.71. The van der Waals surface area contributed by atoms with Crippen molar-refractivity contribution in [2.45, 2.75) is 12.7 Å². The minimum atomic E-state index is -2.34. The molecule has 0 atom stereocenters. The number of hydrogen-bond acceptors (Lipinski definition) is 8. The van der Waals surface area contributed by atoms with Gasteiger partial charge in [-0.3, -0.25) is 9.68 Å². The molecule has 0 radical (unpaired) electrons. The maximum absolute atomic E-state index is 10.1. The van der Waals surface area contributed by atoms with Crippen LogP contribution in [0, 0.1) is 26.1 Å². The zero-order valence-electron chi connectivity index (χ0n) is 7.73. The van der Waals surface area contributed by atoms with Crippen LogP contribution in [0.15, 0.2) is 0 Å². The first-order valence-electron chi connectivity index (χ1n) is 3.74. The van der Waals surface area contributed by atoms with Gasteiger partial charge in [-0.1, -0.05) is 0 Å². The first kappa shape index (κ1) is 13.3. The fourth-order valence-corrected chi connectivity index (χ4v) is 0.851. The average molecular weight is 226 g/mol. The Morgan fingerprint density at radius 3 is 1.73 bits per heavy atom. The fraction of sp³-hybridized carbons (Fsp3) is 1.00. The minimum Gasteiger partial charge on any atom is -0.396 e. The molecule has 88 valence electrons. The maximum atomic E-state index is 10.1. The minimum absolute atomic E-state index is 0.769. The van der Waals surface area contributed by atoms with E-state index in [0.29, 0.717) is 0 Å². The molecule has 0 saturated heterocycles. The van der Waals surface area contributed by atoms with Crippen molar-refractivity contribution in [3.63, 3.8) is 0 Å². The molecule has 0 aromatic rings. The summed E-state index contributed by atoms with van der Waals surface area (Å²) >= 11 is 0. The van der Waals surface area contributed by atoms with E-state index in [2.05, 4.69) is 9.68 Å². The highest BCUT2D eigenvalue weighted by molar-refractivity contribution is 4.71. The molecule has 2 N–H and O–H groups in total. The quantitative estimate of drug-likeness (QED) is 0.310. The number of nitrogens with zero attached hydrogens (tertiary/aromatic N) is 2. The summed E-state index contributed by atoms with van der Waals surface area (Å²) in [6, 6.07) is 0. The Morgan fingerprint density at radius 2 is 1.53 bits per heavy atom. The molecular formula is C5H10N2O8. The Labute approximate surface area is 83.2 Å². The highest BCUT2D eigenvalue weighted by Gasteiger charge is 2.42. The number of hydrogen-bond donors (Lipinski definition) is 2. The van der Waals surface area contributed by atoms with Crippen molar-refractivity contribution in [1.29, 1.82) is 0 Å². The molecule has 0 spiro atoms. The molecule has 0 aliphatic rings. The first-order valence-corrected chi connectivity index (χ1v) is 3.74. The maximum Gasteiger partial charge on any atom is 0.297 e. The van der Waals surface area contributed by atoms with Gasteiger partial charge >= 0.3 is 0 Å². The second kappa shape index (κ2) is 5.26. The highest BCUT2D eigenvalue weighted by Crippen LogP contribution is 2.23. The molecule has 0 rings (SSSR count). The molecule has 0 unspecified atom stereocenters. The Balaban J connectivity index is 4.80. The molecule has 0 fully saturated rings. The van der Waals surface area contributed by atoms with E-state index in [9.17, 15) is 20.2 Å². The molecule has 0 amide bonds. The van der Waals surface area contributed by atoms with Crippen molar-refractivity contribution >= 4 is 0 Å². The third kappa shape index (κ3) is 3.91. The zero-order valence-corrected chi connectivity index (χ0v) is 7.73. The molecule has 0 heterocycles. The summed E-state index contributed by atoms with van der Waals surface area (Å²) in [4.78, 5) is 28.0. The summed E-state index contributed by atoms with van der Waals surface area (Å²) in [5.74, 6) is -3.65. The Hall–Kier alpha value is -1.68. The topological polar surface area (TPSA) is 145 Å². The van der Waals surface area contributed by atoms with E-state index in [1.165, 1.54) is 0 Å². The van der Waals surface area contributed by atoms with Crippen LogP contribution in [-0.2, 0) is 9.68 Å². The van der Waals surface area contributed by atoms with Gasteiger partial charge in [0, 0.05) is 0 Å². The van der Waals surface area contributed by atoms with Gasteiger partial charge in [-0.05, 0) is 6.92 Å². The summed E-state index contributed by atoms with van der Waals surface area (Å²) in [6.45, 7) is -0.668. The van der Waals surface area contributed by atoms with Gasteiger partial charge in [-0.25, -0.2) is 0 Å². The van der Waals surface area contributed by atoms with Crippen molar-refractivity contribution in [1.82, 2.24) is 0 Å². The summed E-state index contributed by atoms with van der Waals surface area (Å²) in [5, 5.41) is 34.9. The van der Waals surface area contributed by atoms with Gasteiger partial charge in [-0.15, -0.1) is 20.2 Å². The van der Waals surface area contributed by atoms with Crippen LogP contribution in [0.25, 0.3) is 0 Å². The van der Waals surface area contributed by atoms with E-state index in [-0.39, 0.29) is 0 Å². The molecule has 0 saturated carbocycles. The first-order chi connectivity index (χ1) is 6.85. The molecule has 0 aliphatic carbocycles. The Kier molecular flexibility index (Phi) is 4.67. The third-order valence-corrected chi connectivity index (χ3v) is 1.69. The molecule has 0 aromatic carbocycles. The van der Waals surface area contributed by atoms with Crippen molar-refractivity contribution < 1.29 is 30.1 Å². The standard InChI is InChI=1S/C5H10N2O8/c1-5(14-6(10)11,15-7(12)13)4(2-8)3-9/h4,8-9H,2-3H2,1H3. The Bertz CT molecular complexity index is 223. The van der Waals surface area contributed by atoms with Crippen LogP contribution in [-0.4, -0.2) is 39.4 Å². The van der Waals surface area contributed by atoms with E-state index >= 15 is 0 Å². The van der Waals surface area contributed by atoms with E-state index in [1.807, 2.05) is 0 Å². The lowest BCUT2D eigenvalue weighted by Gasteiger charge is -2.30. The van der Waals surface area contributed by atoms with Gasteiger partial charge in [0.05, 0.1) is 19.1 Å². The van der Waals surface area contributed by atoms with Crippen LogP contribution in [0.4, 0.5) is 0 Å².